The van der Waals surface area contributed by atoms with Crippen LogP contribution in [0.2, 0.25) is 0 Å². The largest absolute Gasteiger partial charge is 0.300 e. The van der Waals surface area contributed by atoms with Gasteiger partial charge in [0.25, 0.3) is 0 Å². The number of hydroxylamine groups is 2. The molecule has 1 fully saturated rings. The van der Waals surface area contributed by atoms with Gasteiger partial charge in [0.2, 0.25) is 0 Å². The molecule has 0 aromatic carbocycles. The van der Waals surface area contributed by atoms with Crippen molar-refractivity contribution in [2.75, 3.05) is 6.61 Å². The van der Waals surface area contributed by atoms with E-state index in [1.807, 2.05) is 5.06 Å². The summed E-state index contributed by atoms with van der Waals surface area (Å²) in [4.78, 5) is 17.6. The van der Waals surface area contributed by atoms with E-state index in [-0.39, 0.29) is 11.1 Å². The molecule has 0 aromatic rings. The van der Waals surface area contributed by atoms with Crippen molar-refractivity contribution in [2.24, 2.45) is 5.92 Å². The fourth-order valence-corrected chi connectivity index (χ4v) is 2.56. The third-order valence-corrected chi connectivity index (χ3v) is 2.90. The molecule has 1 aliphatic rings. The van der Waals surface area contributed by atoms with Gasteiger partial charge < -0.3 is 0 Å². The molecule has 0 aliphatic carbocycles. The van der Waals surface area contributed by atoms with E-state index >= 15 is 0 Å². The molecule has 0 saturated carbocycles. The zero-order valence-electron chi connectivity index (χ0n) is 11.5. The number of rotatable bonds is 3. The molecule has 1 saturated heterocycles. The van der Waals surface area contributed by atoms with E-state index in [1.165, 1.54) is 0 Å². The normalized spacial score (nSPS) is 25.1. The van der Waals surface area contributed by atoms with E-state index in [4.69, 9.17) is 4.84 Å². The topological polar surface area (TPSA) is 29.5 Å². The highest BCUT2D eigenvalue weighted by Crippen LogP contribution is 2.36. The van der Waals surface area contributed by atoms with Crippen molar-refractivity contribution in [1.29, 1.82) is 0 Å². The number of piperidine rings is 1. The van der Waals surface area contributed by atoms with Gasteiger partial charge in [-0.1, -0.05) is 13.8 Å². The lowest BCUT2D eigenvalue weighted by molar-refractivity contribution is -0.278. The molecular weight excluding hydrogens is 202 g/mol. The van der Waals surface area contributed by atoms with Crippen LogP contribution in [0, 0.1) is 5.92 Å². The molecule has 0 atom stereocenters. The van der Waals surface area contributed by atoms with Gasteiger partial charge in [-0.15, -0.1) is 0 Å². The quantitative estimate of drug-likeness (QED) is 0.742. The smallest absolute Gasteiger partial charge is 0.136 e. The molecule has 1 rings (SSSR count). The molecule has 0 bridgehead atoms. The van der Waals surface area contributed by atoms with Crippen LogP contribution < -0.4 is 0 Å². The zero-order chi connectivity index (χ0) is 12.6. The maximum Gasteiger partial charge on any atom is 0.136 e. The molecule has 0 unspecified atom stereocenters. The lowest BCUT2D eigenvalue weighted by atomic mass is 9.81. The highest BCUT2D eigenvalue weighted by Gasteiger charge is 2.46. The summed E-state index contributed by atoms with van der Waals surface area (Å²) < 4.78 is 0. The summed E-state index contributed by atoms with van der Waals surface area (Å²) in [5.74, 6) is 0.837. The Labute approximate surface area is 99.1 Å². The van der Waals surface area contributed by atoms with Crippen molar-refractivity contribution < 1.29 is 9.63 Å². The second-order valence-corrected chi connectivity index (χ2v) is 6.50. The number of hydrogen-bond donors (Lipinski definition) is 0. The van der Waals surface area contributed by atoms with Crippen LogP contribution in [0.3, 0.4) is 0 Å². The van der Waals surface area contributed by atoms with E-state index in [2.05, 4.69) is 41.5 Å². The van der Waals surface area contributed by atoms with Crippen LogP contribution in [0.5, 0.6) is 0 Å². The molecular formula is C13H25NO2. The van der Waals surface area contributed by atoms with E-state index in [0.717, 1.165) is 0 Å². The number of hydrogen-bond acceptors (Lipinski definition) is 3. The summed E-state index contributed by atoms with van der Waals surface area (Å²) >= 11 is 0. The minimum absolute atomic E-state index is 0.201. The van der Waals surface area contributed by atoms with Gasteiger partial charge in [0.15, 0.2) is 0 Å². The Balaban J connectivity index is 2.80. The van der Waals surface area contributed by atoms with Gasteiger partial charge in [0.1, 0.15) is 5.78 Å². The van der Waals surface area contributed by atoms with E-state index in [1.54, 1.807) is 0 Å². The number of carbonyl (C=O) groups is 1. The van der Waals surface area contributed by atoms with Crippen LogP contribution in [-0.2, 0) is 9.63 Å². The predicted octanol–water partition coefficient (Wildman–Crippen LogP) is 2.80. The Hall–Kier alpha value is -0.410. The molecule has 3 heteroatoms. The zero-order valence-corrected chi connectivity index (χ0v) is 11.5. The minimum Gasteiger partial charge on any atom is -0.300 e. The van der Waals surface area contributed by atoms with Crippen molar-refractivity contribution in [3.63, 3.8) is 0 Å². The predicted molar refractivity (Wildman–Crippen MR) is 65.0 cm³/mol. The van der Waals surface area contributed by atoms with Gasteiger partial charge in [0, 0.05) is 23.9 Å². The van der Waals surface area contributed by atoms with Crippen LogP contribution in [0.1, 0.15) is 54.4 Å². The van der Waals surface area contributed by atoms with Crippen molar-refractivity contribution in [3.05, 3.63) is 0 Å². The van der Waals surface area contributed by atoms with Crippen LogP contribution in [0.15, 0.2) is 0 Å². The molecule has 0 N–H and O–H groups in total. The second kappa shape index (κ2) is 4.46. The molecule has 3 nitrogen and oxygen atoms in total. The average Bonchev–Trinajstić information content (AvgIpc) is 1.96. The maximum atomic E-state index is 11.7. The van der Waals surface area contributed by atoms with Crippen LogP contribution in [-0.4, -0.2) is 28.5 Å². The Morgan fingerprint density at radius 3 is 2.00 bits per heavy atom. The molecule has 0 aromatic heterocycles. The number of ketones is 1. The van der Waals surface area contributed by atoms with Crippen molar-refractivity contribution >= 4 is 5.78 Å². The Bertz CT molecular complexity index is 249. The van der Waals surface area contributed by atoms with Gasteiger partial charge in [-0.3, -0.25) is 9.63 Å². The van der Waals surface area contributed by atoms with Crippen LogP contribution in [0.4, 0.5) is 0 Å². The summed E-state index contributed by atoms with van der Waals surface area (Å²) in [5.41, 5.74) is -0.401. The molecule has 16 heavy (non-hydrogen) atoms. The van der Waals surface area contributed by atoms with Crippen molar-refractivity contribution in [2.45, 2.75) is 65.5 Å². The summed E-state index contributed by atoms with van der Waals surface area (Å²) in [6.07, 6.45) is 1.16. The third kappa shape index (κ3) is 3.05. The highest BCUT2D eigenvalue weighted by molar-refractivity contribution is 5.81. The first-order chi connectivity index (χ1) is 7.15. The number of Topliss-reactive ketones (excluding diaryl/α,β-unsaturated/α-hetero) is 1. The molecule has 1 heterocycles. The Morgan fingerprint density at radius 1 is 1.19 bits per heavy atom. The van der Waals surface area contributed by atoms with Gasteiger partial charge >= 0.3 is 0 Å². The highest BCUT2D eigenvalue weighted by atomic mass is 16.7. The standard InChI is InChI=1S/C13H25NO2/c1-10(2)9-16-14-12(3,4)7-11(15)8-13(14,5)6/h10H,7-9H2,1-6H3. The lowest BCUT2D eigenvalue weighted by Gasteiger charge is -2.50. The summed E-state index contributed by atoms with van der Waals surface area (Å²) in [6, 6.07) is 0. The molecule has 0 spiro atoms. The van der Waals surface area contributed by atoms with Crippen molar-refractivity contribution in [3.8, 4) is 0 Å². The second-order valence-electron chi connectivity index (χ2n) is 6.50. The third-order valence-electron chi connectivity index (χ3n) is 2.90. The Morgan fingerprint density at radius 2 is 1.62 bits per heavy atom. The van der Waals surface area contributed by atoms with Gasteiger partial charge in [-0.25, -0.2) is 0 Å². The fraction of sp³-hybridized carbons (Fsp3) is 0.923. The summed E-state index contributed by atoms with van der Waals surface area (Å²) in [6.45, 7) is 13.3. The Kier molecular flexibility index (Phi) is 3.80. The van der Waals surface area contributed by atoms with E-state index < -0.39 is 0 Å². The van der Waals surface area contributed by atoms with Crippen molar-refractivity contribution in [1.82, 2.24) is 5.06 Å². The van der Waals surface area contributed by atoms with Gasteiger partial charge in [0.05, 0.1) is 6.61 Å². The van der Waals surface area contributed by atoms with E-state index in [9.17, 15) is 4.79 Å². The number of carbonyl (C=O) groups excluding carboxylic acids is 1. The van der Waals surface area contributed by atoms with Gasteiger partial charge in [-0.2, -0.15) is 5.06 Å². The monoisotopic (exact) mass is 227 g/mol. The van der Waals surface area contributed by atoms with Crippen LogP contribution in [0.25, 0.3) is 0 Å². The first-order valence-corrected chi connectivity index (χ1v) is 6.10. The maximum absolute atomic E-state index is 11.7. The molecule has 1 aliphatic heterocycles. The molecule has 94 valence electrons. The average molecular weight is 227 g/mol. The minimum atomic E-state index is -0.201. The SMILES string of the molecule is CC(C)CON1C(C)(C)CC(=O)CC1(C)C. The lowest BCUT2D eigenvalue weighted by Crippen LogP contribution is -2.60. The summed E-state index contributed by atoms with van der Waals surface area (Å²) in [5, 5.41) is 2.03. The van der Waals surface area contributed by atoms with Gasteiger partial charge in [-0.05, 0) is 33.6 Å². The first-order valence-electron chi connectivity index (χ1n) is 6.10. The number of nitrogens with zero attached hydrogens (tertiary/aromatic N) is 1. The van der Waals surface area contributed by atoms with E-state index in [0.29, 0.717) is 31.1 Å². The first kappa shape index (κ1) is 13.7. The fourth-order valence-electron chi connectivity index (χ4n) is 2.56. The summed E-state index contributed by atoms with van der Waals surface area (Å²) in [7, 11) is 0. The molecule has 0 radical (unpaired) electrons. The van der Waals surface area contributed by atoms with Crippen LogP contribution >= 0.6 is 0 Å². The molecule has 0 amide bonds.